The van der Waals surface area contributed by atoms with Crippen LogP contribution in [-0.4, -0.2) is 18.3 Å². The van der Waals surface area contributed by atoms with E-state index in [1.165, 1.54) is 0 Å². The lowest BCUT2D eigenvalue weighted by Gasteiger charge is -2.28. The molecule has 0 amide bonds. The molecule has 0 aliphatic rings. The molecule has 0 aromatic rings. The predicted molar refractivity (Wildman–Crippen MR) is 42.2 cm³/mol. The number of nitrogens with two attached hydrogens (primary N) is 1. The highest BCUT2D eigenvalue weighted by atomic mass is 16.3. The molecule has 62 valence electrons. The smallest absolute Gasteiger partial charge is 0.0476 e. The molecule has 0 spiro atoms. The first-order valence-electron chi connectivity index (χ1n) is 3.56. The lowest BCUT2D eigenvalue weighted by atomic mass is 9.81. The second-order valence-corrected chi connectivity index (χ2v) is 3.65. The minimum atomic E-state index is 0.126. The Labute approximate surface area is 62.6 Å². The Kier molecular flexibility index (Phi) is 3.86. The summed E-state index contributed by atoms with van der Waals surface area (Å²) in [6.07, 6.45) is 0. The molecule has 0 aliphatic carbocycles. The van der Waals surface area contributed by atoms with Gasteiger partial charge in [0.2, 0.25) is 0 Å². The zero-order valence-corrected chi connectivity index (χ0v) is 7.02. The molecule has 0 aliphatic heterocycles. The quantitative estimate of drug-likeness (QED) is 0.391. The molecule has 0 aromatic carbocycles. The highest BCUT2D eigenvalue weighted by Crippen LogP contribution is 2.24. The van der Waals surface area contributed by atoms with Gasteiger partial charge in [-0.1, -0.05) is 20.8 Å². The average Bonchev–Trinajstić information content (AvgIpc) is 1.80. The molecule has 4 N–H and O–H groups in total. The topological polar surface area (TPSA) is 58.3 Å². The molecule has 0 saturated heterocycles. The van der Waals surface area contributed by atoms with E-state index in [0.717, 1.165) is 0 Å². The van der Waals surface area contributed by atoms with E-state index in [9.17, 15) is 0 Å². The monoisotopic (exact) mass is 146 g/mol. The van der Waals surface area contributed by atoms with Crippen LogP contribution in [0.1, 0.15) is 20.8 Å². The summed E-state index contributed by atoms with van der Waals surface area (Å²) in [5.41, 5.74) is 2.69. The minimum absolute atomic E-state index is 0.126. The standard InChI is InChI=1S/C7H18N2O/c1-7(2,3)6(5-10)4-9-8/h6,9-10H,4-5,8H2,1-3H3. The third-order valence-corrected chi connectivity index (χ3v) is 1.81. The molecular weight excluding hydrogens is 128 g/mol. The third-order valence-electron chi connectivity index (χ3n) is 1.81. The van der Waals surface area contributed by atoms with Crippen LogP contribution in [0.25, 0.3) is 0 Å². The van der Waals surface area contributed by atoms with E-state index in [1.54, 1.807) is 0 Å². The van der Waals surface area contributed by atoms with E-state index in [4.69, 9.17) is 10.9 Å². The zero-order valence-electron chi connectivity index (χ0n) is 7.02. The van der Waals surface area contributed by atoms with Gasteiger partial charge < -0.3 is 5.11 Å². The van der Waals surface area contributed by atoms with Gasteiger partial charge in [0.25, 0.3) is 0 Å². The van der Waals surface area contributed by atoms with Gasteiger partial charge in [-0.25, -0.2) is 0 Å². The van der Waals surface area contributed by atoms with E-state index in [2.05, 4.69) is 26.2 Å². The van der Waals surface area contributed by atoms with Crippen molar-refractivity contribution in [2.45, 2.75) is 20.8 Å². The van der Waals surface area contributed by atoms with Crippen molar-refractivity contribution in [2.24, 2.45) is 17.2 Å². The van der Waals surface area contributed by atoms with Gasteiger partial charge in [0.1, 0.15) is 0 Å². The second-order valence-electron chi connectivity index (χ2n) is 3.65. The van der Waals surface area contributed by atoms with Crippen molar-refractivity contribution < 1.29 is 5.11 Å². The molecule has 0 heterocycles. The van der Waals surface area contributed by atoms with Gasteiger partial charge in [0, 0.05) is 19.1 Å². The van der Waals surface area contributed by atoms with Crippen LogP contribution in [-0.2, 0) is 0 Å². The molecule has 3 nitrogen and oxygen atoms in total. The fourth-order valence-electron chi connectivity index (χ4n) is 0.787. The van der Waals surface area contributed by atoms with Crippen LogP contribution in [0.3, 0.4) is 0 Å². The summed E-state index contributed by atoms with van der Waals surface area (Å²) in [6, 6.07) is 0. The van der Waals surface area contributed by atoms with Gasteiger partial charge in [-0.05, 0) is 5.41 Å². The van der Waals surface area contributed by atoms with Crippen molar-refractivity contribution in [2.75, 3.05) is 13.2 Å². The Bertz CT molecular complexity index is 88.1. The largest absolute Gasteiger partial charge is 0.396 e. The van der Waals surface area contributed by atoms with Crippen molar-refractivity contribution in [1.82, 2.24) is 5.43 Å². The van der Waals surface area contributed by atoms with Crippen molar-refractivity contribution in [3.05, 3.63) is 0 Å². The van der Waals surface area contributed by atoms with Crippen LogP contribution < -0.4 is 11.3 Å². The SMILES string of the molecule is CC(C)(C)C(CO)CNN. The van der Waals surface area contributed by atoms with Crippen LogP contribution >= 0.6 is 0 Å². The molecule has 1 unspecified atom stereocenters. The molecule has 10 heavy (non-hydrogen) atoms. The number of rotatable bonds is 3. The van der Waals surface area contributed by atoms with Crippen LogP contribution in [0, 0.1) is 11.3 Å². The molecule has 3 heteroatoms. The maximum Gasteiger partial charge on any atom is 0.0476 e. The Hall–Kier alpha value is -0.120. The van der Waals surface area contributed by atoms with Crippen molar-refractivity contribution in [3.63, 3.8) is 0 Å². The van der Waals surface area contributed by atoms with Crippen LogP contribution in [0.15, 0.2) is 0 Å². The molecule has 0 rings (SSSR count). The van der Waals surface area contributed by atoms with E-state index in [1.807, 2.05) is 0 Å². The minimum Gasteiger partial charge on any atom is -0.396 e. The van der Waals surface area contributed by atoms with Crippen molar-refractivity contribution in [1.29, 1.82) is 0 Å². The van der Waals surface area contributed by atoms with Crippen molar-refractivity contribution in [3.8, 4) is 0 Å². The van der Waals surface area contributed by atoms with E-state index < -0.39 is 0 Å². The first-order chi connectivity index (χ1) is 4.52. The van der Waals surface area contributed by atoms with Crippen LogP contribution in [0.2, 0.25) is 0 Å². The summed E-state index contributed by atoms with van der Waals surface area (Å²) in [7, 11) is 0. The van der Waals surface area contributed by atoms with E-state index in [-0.39, 0.29) is 17.9 Å². The second kappa shape index (κ2) is 3.91. The fraction of sp³-hybridized carbons (Fsp3) is 1.00. The van der Waals surface area contributed by atoms with Gasteiger partial charge >= 0.3 is 0 Å². The molecule has 0 fully saturated rings. The molecule has 0 bridgehead atoms. The number of aliphatic hydroxyl groups excluding tert-OH is 1. The molecule has 0 radical (unpaired) electrons. The highest BCUT2D eigenvalue weighted by molar-refractivity contribution is 4.73. The van der Waals surface area contributed by atoms with Crippen molar-refractivity contribution >= 4 is 0 Å². The van der Waals surface area contributed by atoms with Gasteiger partial charge in [-0.3, -0.25) is 11.3 Å². The molecule has 0 saturated carbocycles. The number of hydrazine groups is 1. The molecule has 0 aromatic heterocycles. The fourth-order valence-corrected chi connectivity index (χ4v) is 0.787. The van der Waals surface area contributed by atoms with Gasteiger partial charge in [-0.15, -0.1) is 0 Å². The normalized spacial score (nSPS) is 15.3. The number of nitrogens with one attached hydrogen (secondary N) is 1. The summed E-state index contributed by atoms with van der Waals surface area (Å²) in [5, 5.41) is 8.90. The average molecular weight is 146 g/mol. The van der Waals surface area contributed by atoms with Gasteiger partial charge in [0.15, 0.2) is 0 Å². The Balaban J connectivity index is 3.81. The Morgan fingerprint density at radius 2 is 2.00 bits per heavy atom. The summed E-state index contributed by atoms with van der Waals surface area (Å²) < 4.78 is 0. The molecular formula is C7H18N2O. The number of hydrogen-bond donors (Lipinski definition) is 3. The van der Waals surface area contributed by atoms with E-state index >= 15 is 0 Å². The summed E-state index contributed by atoms with van der Waals surface area (Å²) in [6.45, 7) is 7.12. The van der Waals surface area contributed by atoms with Crippen LogP contribution in [0.5, 0.6) is 0 Å². The zero-order chi connectivity index (χ0) is 8.20. The Morgan fingerprint density at radius 3 is 2.10 bits per heavy atom. The number of hydrogen-bond acceptors (Lipinski definition) is 3. The van der Waals surface area contributed by atoms with E-state index in [0.29, 0.717) is 6.54 Å². The van der Waals surface area contributed by atoms with Crippen LogP contribution in [0.4, 0.5) is 0 Å². The maximum absolute atomic E-state index is 8.90. The predicted octanol–water partition coefficient (Wildman–Crippen LogP) is 0.104. The number of aliphatic hydroxyl groups is 1. The lowest BCUT2D eigenvalue weighted by Crippen LogP contribution is -2.37. The van der Waals surface area contributed by atoms with Gasteiger partial charge in [0.05, 0.1) is 0 Å². The summed E-state index contributed by atoms with van der Waals surface area (Å²) in [5.74, 6) is 5.37. The first kappa shape index (κ1) is 9.88. The Morgan fingerprint density at radius 1 is 1.50 bits per heavy atom. The first-order valence-corrected chi connectivity index (χ1v) is 3.56. The van der Waals surface area contributed by atoms with Gasteiger partial charge in [-0.2, -0.15) is 0 Å². The summed E-state index contributed by atoms with van der Waals surface area (Å²) in [4.78, 5) is 0. The lowest BCUT2D eigenvalue weighted by molar-refractivity contribution is 0.129. The maximum atomic E-state index is 8.90. The summed E-state index contributed by atoms with van der Waals surface area (Å²) >= 11 is 0. The third kappa shape index (κ3) is 3.15. The highest BCUT2D eigenvalue weighted by Gasteiger charge is 2.22. The molecule has 1 atom stereocenters.